The summed E-state index contributed by atoms with van der Waals surface area (Å²) < 4.78 is 0. The SMILES string of the molecule is N=NC(=S)Nc1ccc2c(O)[nH]c(O)c2c1. The number of fused-ring (bicyclic) bond motifs is 1. The molecule has 7 heteroatoms. The number of nitrogens with one attached hydrogen (secondary N) is 3. The first kappa shape index (κ1) is 10.4. The van der Waals surface area contributed by atoms with Crippen LogP contribution < -0.4 is 5.32 Å². The number of aromatic nitrogens is 1. The molecule has 0 aliphatic carbocycles. The Morgan fingerprint density at radius 1 is 1.31 bits per heavy atom. The van der Waals surface area contributed by atoms with E-state index in [0.29, 0.717) is 16.5 Å². The molecule has 0 spiro atoms. The molecule has 6 nitrogen and oxygen atoms in total. The molecule has 0 fully saturated rings. The van der Waals surface area contributed by atoms with Crippen molar-refractivity contribution in [3.8, 4) is 11.8 Å². The topological polar surface area (TPSA) is 104 Å². The van der Waals surface area contributed by atoms with Gasteiger partial charge in [-0.3, -0.25) is 4.98 Å². The lowest BCUT2D eigenvalue weighted by Gasteiger charge is -2.02. The molecule has 16 heavy (non-hydrogen) atoms. The summed E-state index contributed by atoms with van der Waals surface area (Å²) >= 11 is 4.71. The number of benzene rings is 1. The van der Waals surface area contributed by atoms with E-state index in [1.165, 1.54) is 0 Å². The molecule has 5 N–H and O–H groups in total. The molecule has 0 aliphatic heterocycles. The van der Waals surface area contributed by atoms with Crippen LogP contribution in [0.3, 0.4) is 0 Å². The van der Waals surface area contributed by atoms with Gasteiger partial charge in [-0.2, -0.15) is 0 Å². The Kier molecular flexibility index (Phi) is 2.45. The largest absolute Gasteiger partial charge is 0.494 e. The van der Waals surface area contributed by atoms with Gasteiger partial charge in [0.25, 0.3) is 0 Å². The van der Waals surface area contributed by atoms with E-state index in [1.54, 1.807) is 18.2 Å². The maximum absolute atomic E-state index is 9.47. The van der Waals surface area contributed by atoms with Gasteiger partial charge in [-0.1, -0.05) is 0 Å². The van der Waals surface area contributed by atoms with Gasteiger partial charge in [0.05, 0.1) is 0 Å². The molecule has 1 aromatic heterocycles. The van der Waals surface area contributed by atoms with Crippen LogP contribution in [0.2, 0.25) is 0 Å². The van der Waals surface area contributed by atoms with E-state index < -0.39 is 0 Å². The fourth-order valence-electron chi connectivity index (χ4n) is 1.42. The van der Waals surface area contributed by atoms with E-state index in [9.17, 15) is 10.2 Å². The van der Waals surface area contributed by atoms with Crippen LogP contribution in [0.1, 0.15) is 0 Å². The zero-order valence-electron chi connectivity index (χ0n) is 7.98. The second-order valence-electron chi connectivity index (χ2n) is 3.12. The molecule has 0 radical (unpaired) electrons. The number of rotatable bonds is 1. The molecule has 1 aromatic carbocycles. The first-order chi connectivity index (χ1) is 7.61. The van der Waals surface area contributed by atoms with Crippen LogP contribution >= 0.6 is 12.2 Å². The Morgan fingerprint density at radius 2 is 2.00 bits per heavy atom. The smallest absolute Gasteiger partial charge is 0.217 e. The van der Waals surface area contributed by atoms with Crippen molar-refractivity contribution in [1.29, 1.82) is 5.53 Å². The highest BCUT2D eigenvalue weighted by Gasteiger charge is 2.09. The Hall–Kier alpha value is -2.15. The Morgan fingerprint density at radius 3 is 2.69 bits per heavy atom. The predicted molar refractivity (Wildman–Crippen MR) is 63.0 cm³/mol. The van der Waals surface area contributed by atoms with Crippen molar-refractivity contribution in [2.75, 3.05) is 5.32 Å². The van der Waals surface area contributed by atoms with Gasteiger partial charge in [0.2, 0.25) is 5.11 Å². The minimum atomic E-state index is -0.120. The summed E-state index contributed by atoms with van der Waals surface area (Å²) in [5.74, 6) is -0.211. The molecule has 82 valence electrons. The maximum Gasteiger partial charge on any atom is 0.217 e. The number of anilines is 1. The van der Waals surface area contributed by atoms with Crippen LogP contribution in [-0.4, -0.2) is 20.3 Å². The Balaban J connectivity index is 2.47. The van der Waals surface area contributed by atoms with Crippen LogP contribution in [0.5, 0.6) is 11.8 Å². The molecule has 0 unspecified atom stereocenters. The summed E-state index contributed by atoms with van der Waals surface area (Å²) in [5, 5.41) is 25.6. The summed E-state index contributed by atoms with van der Waals surface area (Å²) in [7, 11) is 0. The lowest BCUT2D eigenvalue weighted by atomic mass is 10.2. The normalized spacial score (nSPS) is 10.2. The van der Waals surface area contributed by atoms with Crippen LogP contribution in [0.4, 0.5) is 5.69 Å². The third kappa shape index (κ3) is 1.68. The van der Waals surface area contributed by atoms with Gasteiger partial charge in [0.15, 0.2) is 11.8 Å². The molecule has 1 heterocycles. The highest BCUT2D eigenvalue weighted by molar-refractivity contribution is 7.80. The molecule has 0 saturated carbocycles. The quantitative estimate of drug-likeness (QED) is 0.387. The van der Waals surface area contributed by atoms with E-state index in [1.807, 2.05) is 0 Å². The van der Waals surface area contributed by atoms with Crippen molar-refractivity contribution in [1.82, 2.24) is 4.98 Å². The third-order valence-electron chi connectivity index (χ3n) is 2.12. The number of hydrogen-bond acceptors (Lipinski definition) is 4. The zero-order valence-corrected chi connectivity index (χ0v) is 8.80. The third-order valence-corrected chi connectivity index (χ3v) is 2.31. The van der Waals surface area contributed by atoms with Crippen molar-refractivity contribution in [2.24, 2.45) is 5.11 Å². The number of aromatic amines is 1. The maximum atomic E-state index is 9.47. The van der Waals surface area contributed by atoms with Crippen LogP contribution in [-0.2, 0) is 0 Å². The summed E-state index contributed by atoms with van der Waals surface area (Å²) in [6.45, 7) is 0. The lowest BCUT2D eigenvalue weighted by Crippen LogP contribution is -2.03. The number of thiocarbonyl (C=S) groups is 1. The minimum absolute atomic E-state index is 0.0265. The van der Waals surface area contributed by atoms with E-state index in [4.69, 9.17) is 17.7 Å². The second kappa shape index (κ2) is 3.78. The molecule has 2 aromatic rings. The summed E-state index contributed by atoms with van der Waals surface area (Å²) in [5.41, 5.74) is 7.28. The summed E-state index contributed by atoms with van der Waals surface area (Å²) in [4.78, 5) is 2.40. The van der Waals surface area contributed by atoms with Crippen molar-refractivity contribution < 1.29 is 10.2 Å². The van der Waals surface area contributed by atoms with Crippen LogP contribution in [0.15, 0.2) is 23.3 Å². The average molecular weight is 236 g/mol. The molecule has 2 rings (SSSR count). The first-order valence-electron chi connectivity index (χ1n) is 4.34. The fraction of sp³-hybridized carbons (Fsp3) is 0. The molecule has 0 saturated heterocycles. The van der Waals surface area contributed by atoms with Gasteiger partial charge in [-0.15, -0.1) is 5.11 Å². The van der Waals surface area contributed by atoms with E-state index in [0.717, 1.165) is 0 Å². The highest BCUT2D eigenvalue weighted by Crippen LogP contribution is 2.33. The Labute approximate surface area is 95.4 Å². The van der Waals surface area contributed by atoms with E-state index >= 15 is 0 Å². The molecule has 0 atom stereocenters. The number of nitrogens with zero attached hydrogens (tertiary/aromatic N) is 1. The van der Waals surface area contributed by atoms with Crippen molar-refractivity contribution in [3.05, 3.63) is 18.2 Å². The molecule has 0 aliphatic rings. The van der Waals surface area contributed by atoms with Gasteiger partial charge in [-0.25, -0.2) is 5.53 Å². The second-order valence-corrected chi connectivity index (χ2v) is 3.51. The highest BCUT2D eigenvalue weighted by atomic mass is 32.1. The van der Waals surface area contributed by atoms with Crippen molar-refractivity contribution in [3.63, 3.8) is 0 Å². The summed E-state index contributed by atoms with van der Waals surface area (Å²) in [6.07, 6.45) is 0. The van der Waals surface area contributed by atoms with Gasteiger partial charge in [0, 0.05) is 16.5 Å². The standard InChI is InChI=1S/C9H8N4O2S/c10-13-9(16)11-4-1-2-5-6(3-4)8(15)12-7(5)14/h1-3,10,12,14-15H,(H,11,16). The molecule has 0 amide bonds. The molecular formula is C9H8N4O2S. The lowest BCUT2D eigenvalue weighted by molar-refractivity contribution is 0.429. The predicted octanol–water partition coefficient (Wildman–Crippen LogP) is 2.31. The van der Waals surface area contributed by atoms with Gasteiger partial charge >= 0.3 is 0 Å². The molecular weight excluding hydrogens is 228 g/mol. The number of H-pyrrole nitrogens is 1. The van der Waals surface area contributed by atoms with Crippen LogP contribution in [0.25, 0.3) is 10.8 Å². The zero-order chi connectivity index (χ0) is 11.7. The summed E-state index contributed by atoms with van der Waals surface area (Å²) in [6, 6.07) is 4.88. The van der Waals surface area contributed by atoms with E-state index in [2.05, 4.69) is 15.4 Å². The van der Waals surface area contributed by atoms with Crippen molar-refractivity contribution >= 4 is 33.8 Å². The number of aromatic hydroxyl groups is 2. The fourth-order valence-corrected chi connectivity index (χ4v) is 1.54. The average Bonchev–Trinajstić information content (AvgIpc) is 2.54. The first-order valence-corrected chi connectivity index (χ1v) is 4.74. The Bertz CT molecular complexity index is 578. The van der Waals surface area contributed by atoms with Gasteiger partial charge in [0.1, 0.15) is 0 Å². The minimum Gasteiger partial charge on any atom is -0.494 e. The van der Waals surface area contributed by atoms with Gasteiger partial charge in [-0.05, 0) is 30.4 Å². The van der Waals surface area contributed by atoms with Crippen LogP contribution in [0, 0.1) is 5.53 Å². The monoisotopic (exact) mass is 236 g/mol. The van der Waals surface area contributed by atoms with E-state index in [-0.39, 0.29) is 16.9 Å². The van der Waals surface area contributed by atoms with Crippen molar-refractivity contribution in [2.45, 2.75) is 0 Å². The molecule has 0 bridgehead atoms. The number of hydrogen-bond donors (Lipinski definition) is 5. The van der Waals surface area contributed by atoms with Gasteiger partial charge < -0.3 is 15.5 Å².